The van der Waals surface area contributed by atoms with Crippen LogP contribution in [0, 0.1) is 5.92 Å². The Morgan fingerprint density at radius 1 is 1.05 bits per heavy atom. The van der Waals surface area contributed by atoms with Crippen LogP contribution in [0.15, 0.2) is 42.5 Å². The molecule has 0 aliphatic rings. The minimum absolute atomic E-state index is 0.513. The molecule has 0 N–H and O–H groups in total. The molecule has 0 bridgehead atoms. The molecule has 1 atom stereocenters. The summed E-state index contributed by atoms with van der Waals surface area (Å²) in [6.07, 6.45) is 4.82. The summed E-state index contributed by atoms with van der Waals surface area (Å²) >= 11 is -1.52. The summed E-state index contributed by atoms with van der Waals surface area (Å²) in [4.78, 5) is 0. The second-order valence-corrected chi connectivity index (χ2v) is 17.8. The minimum atomic E-state index is -1.52. The zero-order valence-corrected chi connectivity index (χ0v) is 16.4. The van der Waals surface area contributed by atoms with E-state index in [2.05, 4.69) is 64.1 Å². The Kier molecular flexibility index (Phi) is 9.02. The van der Waals surface area contributed by atoms with Gasteiger partial charge in [0.05, 0.1) is 0 Å². The van der Waals surface area contributed by atoms with Gasteiger partial charge in [0.1, 0.15) is 0 Å². The van der Waals surface area contributed by atoms with Gasteiger partial charge in [-0.15, -0.1) is 0 Å². The fraction of sp³-hybridized carbons (Fsp3) is 0.579. The van der Waals surface area contributed by atoms with Crippen molar-refractivity contribution in [1.82, 2.24) is 0 Å². The van der Waals surface area contributed by atoms with Crippen molar-refractivity contribution in [2.75, 3.05) is 6.61 Å². The summed E-state index contributed by atoms with van der Waals surface area (Å²) in [6.45, 7) is 11.0. The first-order chi connectivity index (χ1) is 10.2. The molecule has 0 aromatic heterocycles. The molecule has 0 aliphatic carbocycles. The molecule has 0 spiro atoms. The van der Waals surface area contributed by atoms with E-state index in [9.17, 15) is 0 Å². The van der Waals surface area contributed by atoms with Crippen molar-refractivity contribution in [1.29, 1.82) is 0 Å². The maximum absolute atomic E-state index is 5.81. The van der Waals surface area contributed by atoms with Crippen molar-refractivity contribution >= 4 is 13.3 Å². The Balaban J connectivity index is 2.29. The van der Waals surface area contributed by atoms with Crippen LogP contribution in [0.4, 0.5) is 0 Å². The van der Waals surface area contributed by atoms with Crippen LogP contribution < -0.4 is 0 Å². The number of benzene rings is 1. The topological polar surface area (TPSA) is 9.23 Å². The summed E-state index contributed by atoms with van der Waals surface area (Å²) in [5, 5.41) is 5.75. The van der Waals surface area contributed by atoms with Gasteiger partial charge in [-0.05, 0) is 0 Å². The van der Waals surface area contributed by atoms with Gasteiger partial charge in [0.15, 0.2) is 0 Å². The molecule has 2 heteroatoms. The van der Waals surface area contributed by atoms with Gasteiger partial charge in [-0.1, -0.05) is 0 Å². The molecule has 0 amide bonds. The SMILES string of the molecule is C[CH2][Ge]([CH2]C)([CH2]C)[CH2]/C=C/[C@H](C)COCc1ccccc1. The van der Waals surface area contributed by atoms with E-state index >= 15 is 0 Å². The number of ether oxygens (including phenoxy) is 1. The number of hydrogen-bond donors (Lipinski definition) is 0. The Morgan fingerprint density at radius 2 is 1.67 bits per heavy atom. The van der Waals surface area contributed by atoms with Gasteiger partial charge >= 0.3 is 134 Å². The molecule has 21 heavy (non-hydrogen) atoms. The van der Waals surface area contributed by atoms with Gasteiger partial charge in [-0.2, -0.15) is 0 Å². The quantitative estimate of drug-likeness (QED) is 0.377. The van der Waals surface area contributed by atoms with Crippen LogP contribution in [0.3, 0.4) is 0 Å². The van der Waals surface area contributed by atoms with E-state index in [0.29, 0.717) is 5.92 Å². The second kappa shape index (κ2) is 10.2. The van der Waals surface area contributed by atoms with Crippen LogP contribution in [-0.2, 0) is 11.3 Å². The van der Waals surface area contributed by atoms with Gasteiger partial charge in [-0.25, -0.2) is 0 Å². The van der Waals surface area contributed by atoms with Crippen LogP contribution in [0.25, 0.3) is 0 Å². The Bertz CT molecular complexity index is 387. The van der Waals surface area contributed by atoms with Gasteiger partial charge in [0.2, 0.25) is 0 Å². The second-order valence-electron chi connectivity index (χ2n) is 6.17. The van der Waals surface area contributed by atoms with Gasteiger partial charge < -0.3 is 0 Å². The van der Waals surface area contributed by atoms with Gasteiger partial charge in [0.25, 0.3) is 0 Å². The zero-order chi connectivity index (χ0) is 15.6. The monoisotopic (exact) mass is 350 g/mol. The average Bonchev–Trinajstić information content (AvgIpc) is 2.53. The van der Waals surface area contributed by atoms with Crippen LogP contribution in [0.1, 0.15) is 33.3 Å². The molecular formula is C19H32GeO. The van der Waals surface area contributed by atoms with Crippen LogP contribution in [0.5, 0.6) is 0 Å². The van der Waals surface area contributed by atoms with Crippen molar-refractivity contribution in [2.24, 2.45) is 5.92 Å². The third-order valence-electron chi connectivity index (χ3n) is 4.76. The molecule has 0 saturated heterocycles. The van der Waals surface area contributed by atoms with E-state index in [1.807, 2.05) is 6.07 Å². The Morgan fingerprint density at radius 3 is 2.24 bits per heavy atom. The predicted molar refractivity (Wildman–Crippen MR) is 96.4 cm³/mol. The molecule has 0 unspecified atom stereocenters. The summed E-state index contributed by atoms with van der Waals surface area (Å²) in [5.41, 5.74) is 1.26. The molecular weight excluding hydrogens is 317 g/mol. The van der Waals surface area contributed by atoms with E-state index in [1.54, 1.807) is 0 Å². The standard InChI is InChI=1S/C19H32GeO/c1-5-20(6-2,7-3)15-11-12-18(4)16-21-17-19-13-9-8-10-14-19/h8-14,18H,5-7,15-17H2,1-4H3/b12-11+/t18-/m0/s1. The third kappa shape index (κ3) is 6.84. The molecule has 1 nitrogen and oxygen atoms in total. The van der Waals surface area contributed by atoms with E-state index < -0.39 is 13.3 Å². The summed E-state index contributed by atoms with van der Waals surface area (Å²) in [7, 11) is 0. The molecule has 0 saturated carbocycles. The van der Waals surface area contributed by atoms with Crippen molar-refractivity contribution in [3.8, 4) is 0 Å². The zero-order valence-electron chi connectivity index (χ0n) is 14.3. The first-order valence-corrected chi connectivity index (χ1v) is 14.4. The molecule has 0 fully saturated rings. The molecule has 1 aromatic rings. The van der Waals surface area contributed by atoms with E-state index in [0.717, 1.165) is 13.2 Å². The summed E-state index contributed by atoms with van der Waals surface area (Å²) in [6, 6.07) is 10.4. The molecule has 1 rings (SSSR count). The van der Waals surface area contributed by atoms with Crippen molar-refractivity contribution in [3.63, 3.8) is 0 Å². The number of hydrogen-bond acceptors (Lipinski definition) is 1. The van der Waals surface area contributed by atoms with Crippen molar-refractivity contribution < 1.29 is 4.74 Å². The first-order valence-electron chi connectivity index (χ1n) is 8.44. The van der Waals surface area contributed by atoms with Crippen molar-refractivity contribution in [2.45, 2.75) is 55.3 Å². The number of allylic oxidation sites excluding steroid dienone is 1. The first kappa shape index (κ1) is 18.5. The molecule has 0 radical (unpaired) electrons. The molecule has 0 heterocycles. The average molecular weight is 349 g/mol. The normalized spacial score (nSPS) is 13.7. The van der Waals surface area contributed by atoms with E-state index in [1.165, 1.54) is 26.6 Å². The predicted octanol–water partition coefficient (Wildman–Crippen LogP) is 5.90. The van der Waals surface area contributed by atoms with Gasteiger partial charge in [0, 0.05) is 0 Å². The fourth-order valence-corrected chi connectivity index (χ4v) is 9.02. The van der Waals surface area contributed by atoms with Crippen LogP contribution in [0.2, 0.25) is 21.0 Å². The molecule has 0 aliphatic heterocycles. The maximum atomic E-state index is 5.81. The molecule has 1 aromatic carbocycles. The number of rotatable bonds is 10. The summed E-state index contributed by atoms with van der Waals surface area (Å²) in [5.74, 6) is 0.513. The molecule has 118 valence electrons. The fourth-order valence-electron chi connectivity index (χ4n) is 2.73. The Labute approximate surface area is 134 Å². The van der Waals surface area contributed by atoms with Gasteiger partial charge in [-0.3, -0.25) is 0 Å². The van der Waals surface area contributed by atoms with E-state index in [4.69, 9.17) is 4.74 Å². The van der Waals surface area contributed by atoms with E-state index in [-0.39, 0.29) is 0 Å². The van der Waals surface area contributed by atoms with Crippen LogP contribution in [-0.4, -0.2) is 19.9 Å². The van der Waals surface area contributed by atoms with Crippen LogP contribution >= 0.6 is 0 Å². The third-order valence-corrected chi connectivity index (χ3v) is 16.5. The Hall–Kier alpha value is -0.537. The summed E-state index contributed by atoms with van der Waals surface area (Å²) < 4.78 is 5.81. The van der Waals surface area contributed by atoms with Crippen molar-refractivity contribution in [3.05, 3.63) is 48.0 Å².